The standard InChI is InChI=1S/C10H15NS/c1-8(2)7-11-9-3-5-10(12)6-4-9/h3-6,8,11-12H,7H2,1-2H3. The van der Waals surface area contributed by atoms with Gasteiger partial charge in [-0.2, -0.15) is 0 Å². The molecule has 1 aromatic carbocycles. The summed E-state index contributed by atoms with van der Waals surface area (Å²) >= 11 is 4.21. The Balaban J connectivity index is 2.48. The van der Waals surface area contributed by atoms with E-state index in [1.807, 2.05) is 24.3 Å². The van der Waals surface area contributed by atoms with E-state index >= 15 is 0 Å². The number of thiol groups is 1. The molecule has 1 nitrogen and oxygen atoms in total. The Morgan fingerprint density at radius 1 is 1.25 bits per heavy atom. The van der Waals surface area contributed by atoms with Crippen molar-refractivity contribution < 1.29 is 0 Å². The first-order chi connectivity index (χ1) is 5.68. The molecule has 0 amide bonds. The molecule has 0 aliphatic rings. The Kier molecular flexibility index (Phi) is 3.48. The summed E-state index contributed by atoms with van der Waals surface area (Å²) in [6.45, 7) is 5.41. The van der Waals surface area contributed by atoms with Crippen LogP contribution < -0.4 is 5.32 Å². The summed E-state index contributed by atoms with van der Waals surface area (Å²) in [5.41, 5.74) is 1.17. The van der Waals surface area contributed by atoms with E-state index in [1.165, 1.54) is 5.69 Å². The second-order valence-electron chi connectivity index (χ2n) is 3.32. The van der Waals surface area contributed by atoms with E-state index in [2.05, 4.69) is 31.8 Å². The van der Waals surface area contributed by atoms with Crippen LogP contribution in [0.2, 0.25) is 0 Å². The van der Waals surface area contributed by atoms with Crippen molar-refractivity contribution >= 4 is 18.3 Å². The van der Waals surface area contributed by atoms with E-state index in [9.17, 15) is 0 Å². The lowest BCUT2D eigenvalue weighted by Crippen LogP contribution is -2.07. The van der Waals surface area contributed by atoms with Crippen molar-refractivity contribution in [2.45, 2.75) is 18.7 Å². The van der Waals surface area contributed by atoms with E-state index in [0.29, 0.717) is 5.92 Å². The van der Waals surface area contributed by atoms with Crippen molar-refractivity contribution in [3.63, 3.8) is 0 Å². The average Bonchev–Trinajstić information content (AvgIpc) is 2.03. The van der Waals surface area contributed by atoms with Gasteiger partial charge < -0.3 is 5.32 Å². The number of nitrogens with one attached hydrogen (secondary N) is 1. The van der Waals surface area contributed by atoms with Gasteiger partial charge in [0.05, 0.1) is 0 Å². The summed E-state index contributed by atoms with van der Waals surface area (Å²) in [6.07, 6.45) is 0. The zero-order valence-corrected chi connectivity index (χ0v) is 8.44. The van der Waals surface area contributed by atoms with Gasteiger partial charge in [-0.3, -0.25) is 0 Å². The number of hydrogen-bond acceptors (Lipinski definition) is 2. The third-order valence-electron chi connectivity index (χ3n) is 1.58. The van der Waals surface area contributed by atoms with Gasteiger partial charge in [0.25, 0.3) is 0 Å². The van der Waals surface area contributed by atoms with E-state index in [0.717, 1.165) is 11.4 Å². The SMILES string of the molecule is CC(C)CNc1ccc(S)cc1. The van der Waals surface area contributed by atoms with E-state index in [4.69, 9.17) is 0 Å². The Bertz CT molecular complexity index is 228. The van der Waals surface area contributed by atoms with Crippen molar-refractivity contribution in [2.24, 2.45) is 5.92 Å². The monoisotopic (exact) mass is 181 g/mol. The number of anilines is 1. The highest BCUT2D eigenvalue weighted by Gasteiger charge is 1.93. The lowest BCUT2D eigenvalue weighted by Gasteiger charge is -2.08. The third kappa shape index (κ3) is 3.18. The minimum Gasteiger partial charge on any atom is -0.385 e. The molecule has 0 bridgehead atoms. The molecule has 1 N–H and O–H groups in total. The molecule has 0 aromatic heterocycles. The van der Waals surface area contributed by atoms with Gasteiger partial charge in [0.15, 0.2) is 0 Å². The summed E-state index contributed by atoms with van der Waals surface area (Å²) in [6, 6.07) is 8.08. The fourth-order valence-electron chi connectivity index (χ4n) is 0.901. The second kappa shape index (κ2) is 4.41. The molecule has 0 unspecified atom stereocenters. The molecule has 2 heteroatoms. The predicted molar refractivity (Wildman–Crippen MR) is 57.0 cm³/mol. The van der Waals surface area contributed by atoms with Crippen molar-refractivity contribution in [2.75, 3.05) is 11.9 Å². The molecule has 12 heavy (non-hydrogen) atoms. The topological polar surface area (TPSA) is 12.0 Å². The second-order valence-corrected chi connectivity index (χ2v) is 3.84. The van der Waals surface area contributed by atoms with Gasteiger partial charge in [0.1, 0.15) is 0 Å². The Labute approximate surface area is 79.6 Å². The van der Waals surface area contributed by atoms with E-state index in [1.54, 1.807) is 0 Å². The number of rotatable bonds is 3. The maximum absolute atomic E-state index is 4.21. The van der Waals surface area contributed by atoms with Crippen molar-refractivity contribution in [3.8, 4) is 0 Å². The zero-order valence-electron chi connectivity index (χ0n) is 7.54. The van der Waals surface area contributed by atoms with Gasteiger partial charge in [0, 0.05) is 17.1 Å². The first kappa shape index (κ1) is 9.46. The van der Waals surface area contributed by atoms with Gasteiger partial charge in [0.2, 0.25) is 0 Å². The van der Waals surface area contributed by atoms with Crippen LogP contribution in [0.25, 0.3) is 0 Å². The van der Waals surface area contributed by atoms with Crippen molar-refractivity contribution in [3.05, 3.63) is 24.3 Å². The van der Waals surface area contributed by atoms with Crippen LogP contribution in [-0.4, -0.2) is 6.54 Å². The maximum atomic E-state index is 4.21. The van der Waals surface area contributed by atoms with Crippen molar-refractivity contribution in [1.29, 1.82) is 0 Å². The van der Waals surface area contributed by atoms with Crippen LogP contribution in [-0.2, 0) is 0 Å². The Morgan fingerprint density at radius 3 is 2.33 bits per heavy atom. The molecule has 0 aliphatic carbocycles. The molecule has 0 heterocycles. The zero-order chi connectivity index (χ0) is 8.97. The highest BCUT2D eigenvalue weighted by Crippen LogP contribution is 2.12. The van der Waals surface area contributed by atoms with Crippen molar-refractivity contribution in [1.82, 2.24) is 0 Å². The van der Waals surface area contributed by atoms with Crippen LogP contribution in [0.15, 0.2) is 29.2 Å². The number of benzene rings is 1. The molecule has 0 aliphatic heterocycles. The summed E-state index contributed by atoms with van der Waals surface area (Å²) in [4.78, 5) is 1.00. The minimum atomic E-state index is 0.681. The number of hydrogen-bond donors (Lipinski definition) is 2. The van der Waals surface area contributed by atoms with Gasteiger partial charge >= 0.3 is 0 Å². The third-order valence-corrected chi connectivity index (χ3v) is 1.88. The smallest absolute Gasteiger partial charge is 0.0341 e. The lowest BCUT2D eigenvalue weighted by atomic mass is 10.2. The molecule has 0 saturated heterocycles. The Hall–Kier alpha value is -0.630. The largest absolute Gasteiger partial charge is 0.385 e. The van der Waals surface area contributed by atoms with Crippen LogP contribution in [0, 0.1) is 5.92 Å². The van der Waals surface area contributed by atoms with Gasteiger partial charge in [-0.15, -0.1) is 12.6 Å². The molecule has 1 rings (SSSR count). The molecular weight excluding hydrogens is 166 g/mol. The molecule has 0 spiro atoms. The van der Waals surface area contributed by atoms with Crippen LogP contribution in [0.4, 0.5) is 5.69 Å². The van der Waals surface area contributed by atoms with E-state index in [-0.39, 0.29) is 0 Å². The van der Waals surface area contributed by atoms with Crippen LogP contribution in [0.1, 0.15) is 13.8 Å². The van der Waals surface area contributed by atoms with Crippen LogP contribution >= 0.6 is 12.6 Å². The molecule has 0 saturated carbocycles. The lowest BCUT2D eigenvalue weighted by molar-refractivity contribution is 0.689. The van der Waals surface area contributed by atoms with Gasteiger partial charge in [-0.25, -0.2) is 0 Å². The normalized spacial score (nSPS) is 10.3. The summed E-state index contributed by atoms with van der Waals surface area (Å²) in [5, 5.41) is 3.34. The molecule has 66 valence electrons. The molecule has 0 fully saturated rings. The minimum absolute atomic E-state index is 0.681. The van der Waals surface area contributed by atoms with E-state index < -0.39 is 0 Å². The van der Waals surface area contributed by atoms with Gasteiger partial charge in [-0.05, 0) is 30.2 Å². The molecular formula is C10H15NS. The molecule has 1 aromatic rings. The predicted octanol–water partition coefficient (Wildman–Crippen LogP) is 3.04. The molecule has 0 radical (unpaired) electrons. The quantitative estimate of drug-likeness (QED) is 0.683. The van der Waals surface area contributed by atoms with Gasteiger partial charge in [-0.1, -0.05) is 13.8 Å². The highest BCUT2D eigenvalue weighted by atomic mass is 32.1. The summed E-state index contributed by atoms with van der Waals surface area (Å²) in [7, 11) is 0. The summed E-state index contributed by atoms with van der Waals surface area (Å²) < 4.78 is 0. The highest BCUT2D eigenvalue weighted by molar-refractivity contribution is 7.80. The fraction of sp³-hybridized carbons (Fsp3) is 0.400. The molecule has 0 atom stereocenters. The summed E-state index contributed by atoms with van der Waals surface area (Å²) in [5.74, 6) is 0.681. The van der Waals surface area contributed by atoms with Crippen LogP contribution in [0.3, 0.4) is 0 Å². The first-order valence-electron chi connectivity index (χ1n) is 4.21. The Morgan fingerprint density at radius 2 is 1.83 bits per heavy atom. The average molecular weight is 181 g/mol. The van der Waals surface area contributed by atoms with Crippen LogP contribution in [0.5, 0.6) is 0 Å². The fourth-order valence-corrected chi connectivity index (χ4v) is 1.05. The maximum Gasteiger partial charge on any atom is 0.0341 e. The first-order valence-corrected chi connectivity index (χ1v) is 4.66.